The molecule has 9 atom stereocenters. The summed E-state index contributed by atoms with van der Waals surface area (Å²) in [6, 6.07) is 2.34. The highest BCUT2D eigenvalue weighted by molar-refractivity contribution is 8.00. The van der Waals surface area contributed by atoms with Crippen LogP contribution < -0.4 is 30.9 Å². The van der Waals surface area contributed by atoms with E-state index in [2.05, 4.69) is 34.4 Å². The number of thioether (sulfide) groups is 1. The monoisotopic (exact) mass is 1260 g/mol. The molecule has 26 nitrogen and oxygen atoms in total. The summed E-state index contributed by atoms with van der Waals surface area (Å²) in [5.41, 5.74) is -1.27. The smallest absolute Gasteiger partial charge is 0.409 e. The van der Waals surface area contributed by atoms with E-state index in [1.165, 1.54) is 49.9 Å². The standard InChI is InChI=1S/C59H83ClN8O18S/c1-11-46(69)61-19-22-67(23-20-62-47(70)12-2)50(73)17-16-48(71)63-21-25-82-27-28-83-26-24-68-52(75)33-43(55(68)76)87-29-18-49(72)65(7)38(5)56(77)85-45-34-51(74)66(8)40-31-39(32-41(80-9)53(40)60)30-36(3)14-13-15-44(81-10)59(79)35-42(84-57(78)64-59)37(4)54-58(45,6)86-54/h11-15,31-32,37-38,42-45,54,79H,1-2,16-30,33-35H2,3-10H3,(H,61,69)(H,62,70)(H,63,71)(H,64,78)/b15-13+,36-14+/t37-,38+,42+,43?,44-,45+,54+,58+,59+/m1/s1. The van der Waals surface area contributed by atoms with E-state index in [0.717, 1.165) is 40.0 Å². The third-order valence-corrected chi connectivity index (χ3v) is 17.0. The molecule has 3 fully saturated rings. The fourth-order valence-corrected chi connectivity index (χ4v) is 11.5. The van der Waals surface area contributed by atoms with Crippen molar-refractivity contribution in [2.45, 2.75) is 120 Å². The number of carbonyl (C=O) groups is 10. The average Bonchev–Trinajstić information content (AvgIpc) is 1.61. The van der Waals surface area contributed by atoms with Crippen LogP contribution in [0.15, 0.2) is 61.2 Å². The minimum Gasteiger partial charge on any atom is -0.495 e. The molecule has 0 radical (unpaired) electrons. The van der Waals surface area contributed by atoms with Crippen LogP contribution in [0.5, 0.6) is 5.75 Å². The van der Waals surface area contributed by atoms with Crippen LogP contribution in [-0.2, 0) is 78.0 Å². The molecule has 0 saturated carbocycles. The van der Waals surface area contributed by atoms with Crippen molar-refractivity contribution in [3.63, 3.8) is 0 Å². The van der Waals surface area contributed by atoms with Gasteiger partial charge in [0, 0.05) is 97.7 Å². The number of alkyl carbamates (subject to hydrolysis) is 1. The van der Waals surface area contributed by atoms with Crippen molar-refractivity contribution < 1.29 is 86.2 Å². The number of nitrogens with one attached hydrogen (secondary N) is 4. The zero-order chi connectivity index (χ0) is 64.2. The maximum atomic E-state index is 14.4. The summed E-state index contributed by atoms with van der Waals surface area (Å²) in [4.78, 5) is 135. The van der Waals surface area contributed by atoms with Crippen LogP contribution in [0, 0.1) is 5.92 Å². The molecule has 5 N–H and O–H groups in total. The van der Waals surface area contributed by atoms with E-state index in [4.69, 9.17) is 44.8 Å². The number of allylic oxidation sites excluding steroid dienone is 3. The Labute approximate surface area is 516 Å². The van der Waals surface area contributed by atoms with Crippen molar-refractivity contribution in [2.24, 2.45) is 5.92 Å². The van der Waals surface area contributed by atoms with Crippen LogP contribution in [0.25, 0.3) is 0 Å². The van der Waals surface area contributed by atoms with Crippen LogP contribution in [0.1, 0.15) is 71.8 Å². The molecule has 1 aromatic carbocycles. The highest BCUT2D eigenvalue weighted by Gasteiger charge is 2.64. The van der Waals surface area contributed by atoms with Crippen molar-refractivity contribution in [1.82, 2.24) is 36.0 Å². The van der Waals surface area contributed by atoms with Gasteiger partial charge in [-0.2, -0.15) is 0 Å². The van der Waals surface area contributed by atoms with Crippen LogP contribution in [0.4, 0.5) is 10.5 Å². The number of imide groups is 1. The molecule has 9 amide bonds. The van der Waals surface area contributed by atoms with E-state index in [1.807, 2.05) is 13.0 Å². The zero-order valence-corrected chi connectivity index (χ0v) is 52.3. The number of aliphatic hydroxyl groups is 1. The minimum atomic E-state index is -1.90. The number of methoxy groups -OCH3 is 2. The Morgan fingerprint density at radius 3 is 2.24 bits per heavy atom. The molecule has 4 aliphatic heterocycles. The van der Waals surface area contributed by atoms with Gasteiger partial charge in [-0.1, -0.05) is 55.5 Å². The second-order valence-electron chi connectivity index (χ2n) is 21.5. The molecule has 3 saturated heterocycles. The number of hydrogen-bond donors (Lipinski definition) is 5. The molecule has 0 spiro atoms. The number of hydrogen-bond acceptors (Lipinski definition) is 19. The fraction of sp³-hybridized carbons (Fsp3) is 0.593. The molecular weight excluding hydrogens is 1180 g/mol. The number of carbonyl (C=O) groups excluding carboxylic acids is 10. The number of amides is 9. The average molecular weight is 1260 g/mol. The highest BCUT2D eigenvalue weighted by Crippen LogP contribution is 2.49. The van der Waals surface area contributed by atoms with E-state index in [-0.39, 0.29) is 120 Å². The first kappa shape index (κ1) is 70.9. The van der Waals surface area contributed by atoms with Gasteiger partial charge in [0.1, 0.15) is 40.7 Å². The minimum absolute atomic E-state index is 0.00349. The summed E-state index contributed by atoms with van der Waals surface area (Å²) in [5.74, 6) is -4.33. The van der Waals surface area contributed by atoms with E-state index < -0.39 is 107 Å². The quantitative estimate of drug-likeness (QED) is 0.0252. The lowest BCUT2D eigenvalue weighted by atomic mass is 9.83. The van der Waals surface area contributed by atoms with Gasteiger partial charge >= 0.3 is 12.1 Å². The second-order valence-corrected chi connectivity index (χ2v) is 23.2. The molecule has 0 aliphatic carbocycles. The third-order valence-electron chi connectivity index (χ3n) is 15.4. The Morgan fingerprint density at radius 2 is 1.60 bits per heavy atom. The summed E-state index contributed by atoms with van der Waals surface area (Å²) in [7, 11) is 5.82. The van der Waals surface area contributed by atoms with Crippen molar-refractivity contribution in [2.75, 3.05) is 105 Å². The Bertz CT molecular complexity index is 2740. The molecule has 5 rings (SSSR count). The van der Waals surface area contributed by atoms with E-state index in [0.29, 0.717) is 17.9 Å². The predicted molar refractivity (Wildman–Crippen MR) is 320 cm³/mol. The zero-order valence-electron chi connectivity index (χ0n) is 50.7. The molecule has 4 aliphatic rings. The number of nitrogens with zero attached hydrogens (tertiary/aromatic N) is 4. The van der Waals surface area contributed by atoms with Gasteiger partial charge in [-0.3, -0.25) is 48.6 Å². The van der Waals surface area contributed by atoms with Crippen molar-refractivity contribution in [3.8, 4) is 5.75 Å². The molecule has 87 heavy (non-hydrogen) atoms. The maximum Gasteiger partial charge on any atom is 0.409 e. The lowest BCUT2D eigenvalue weighted by Crippen LogP contribution is -2.63. The van der Waals surface area contributed by atoms with Gasteiger partial charge in [-0.05, 0) is 57.0 Å². The van der Waals surface area contributed by atoms with E-state index in [9.17, 15) is 53.1 Å². The molecule has 4 heterocycles. The molecule has 28 heteroatoms. The van der Waals surface area contributed by atoms with Crippen molar-refractivity contribution in [3.05, 3.63) is 71.8 Å². The first-order valence-electron chi connectivity index (χ1n) is 28.6. The van der Waals surface area contributed by atoms with Crippen LogP contribution in [0.2, 0.25) is 5.02 Å². The van der Waals surface area contributed by atoms with Gasteiger partial charge < -0.3 is 68.9 Å². The van der Waals surface area contributed by atoms with Crippen molar-refractivity contribution in [1.29, 1.82) is 0 Å². The summed E-state index contributed by atoms with van der Waals surface area (Å²) in [6.45, 7) is 14.8. The molecule has 1 aromatic rings. The van der Waals surface area contributed by atoms with Crippen LogP contribution in [0.3, 0.4) is 0 Å². The lowest BCUT2D eigenvalue weighted by Gasteiger charge is -2.42. The Hall–Kier alpha value is -6.88. The van der Waals surface area contributed by atoms with Gasteiger partial charge in [0.05, 0.1) is 63.5 Å². The number of fused-ring (bicyclic) bond motifs is 5. The Kier molecular flexibility index (Phi) is 27.3. The summed E-state index contributed by atoms with van der Waals surface area (Å²) in [6.07, 6.45) is 2.03. The highest BCUT2D eigenvalue weighted by atomic mass is 35.5. The number of benzene rings is 1. The molecular formula is C59H83ClN8O18S. The Balaban J connectivity index is 1.08. The van der Waals surface area contributed by atoms with E-state index >= 15 is 0 Å². The number of esters is 1. The number of anilines is 1. The SMILES string of the molecule is C=CC(=O)NCCN(CCNC(=O)C=C)C(=O)CCC(=O)NCCOCCOCCN1C(=O)CC(SCCC(=O)N(C)[C@@H](C)C(=O)O[C@H]2CC(=O)N(C)c3cc(cc(OC)c3Cl)C/C(C)=C/C=C/[C@@H](OC)[C@@]3(O)C[C@H](OC(=O)N3)[C@@H](C)[C@@H]3O[C@@]23C)C1=O. The van der Waals surface area contributed by atoms with Crippen molar-refractivity contribution >= 4 is 88.4 Å². The Morgan fingerprint density at radius 1 is 0.931 bits per heavy atom. The number of likely N-dealkylation sites (N-methyl/N-ethyl adjacent to an activating group) is 1. The first-order chi connectivity index (χ1) is 41.3. The first-order valence-corrected chi connectivity index (χ1v) is 30.0. The van der Waals surface area contributed by atoms with Gasteiger partial charge in [0.15, 0.2) is 5.72 Å². The van der Waals surface area contributed by atoms with Crippen LogP contribution in [-0.4, -0.2) is 226 Å². The normalized spacial score (nSPS) is 25.1. The topological polar surface area (TPSA) is 320 Å². The lowest BCUT2D eigenvalue weighted by molar-refractivity contribution is -0.162. The predicted octanol–water partition coefficient (Wildman–Crippen LogP) is 2.13. The molecule has 480 valence electrons. The summed E-state index contributed by atoms with van der Waals surface area (Å²) >= 11 is 7.96. The number of rotatable bonds is 29. The van der Waals surface area contributed by atoms with Crippen LogP contribution >= 0.6 is 23.4 Å². The molecule has 0 aromatic heterocycles. The number of likely N-dealkylation sites (tertiary alicyclic amines) is 1. The summed E-state index contributed by atoms with van der Waals surface area (Å²) in [5, 5.41) is 21.6. The largest absolute Gasteiger partial charge is 0.495 e. The third kappa shape index (κ3) is 20.1. The second kappa shape index (κ2) is 33.5. The molecule has 4 bridgehead atoms. The fourth-order valence-electron chi connectivity index (χ4n) is 10.0. The number of ether oxygens (including phenoxy) is 7. The van der Waals surface area contributed by atoms with Gasteiger partial charge in [0.2, 0.25) is 47.3 Å². The number of halogens is 1. The van der Waals surface area contributed by atoms with Gasteiger partial charge in [-0.15, -0.1) is 11.8 Å². The molecule has 1 unspecified atom stereocenters. The number of epoxide rings is 1. The summed E-state index contributed by atoms with van der Waals surface area (Å²) < 4.78 is 40.5. The van der Waals surface area contributed by atoms with Gasteiger partial charge in [-0.25, -0.2) is 9.59 Å². The maximum absolute atomic E-state index is 14.4. The van der Waals surface area contributed by atoms with Gasteiger partial charge in [0.25, 0.3) is 0 Å². The van der Waals surface area contributed by atoms with E-state index in [1.54, 1.807) is 38.1 Å².